The number of fused-ring (bicyclic) bond motifs is 1. The van der Waals surface area contributed by atoms with Crippen LogP contribution in [0.2, 0.25) is 5.02 Å². The highest BCUT2D eigenvalue weighted by molar-refractivity contribution is 6.31. The van der Waals surface area contributed by atoms with Gasteiger partial charge in [0.2, 0.25) is 5.95 Å². The van der Waals surface area contributed by atoms with Crippen LogP contribution in [0.4, 0.5) is 24.9 Å². The van der Waals surface area contributed by atoms with E-state index in [4.69, 9.17) is 27.3 Å². The van der Waals surface area contributed by atoms with Crippen LogP contribution < -0.4 is 21.7 Å². The predicted molar refractivity (Wildman–Crippen MR) is 165 cm³/mol. The molecule has 5 rings (SSSR count). The zero-order valence-electron chi connectivity index (χ0n) is 22.4. The number of imidazole rings is 1. The Bertz CT molecular complexity index is 1250. The summed E-state index contributed by atoms with van der Waals surface area (Å²) < 4.78 is 41.6. The van der Waals surface area contributed by atoms with Gasteiger partial charge in [-0.3, -0.25) is 0 Å². The van der Waals surface area contributed by atoms with Crippen molar-refractivity contribution in [2.75, 3.05) is 23.7 Å². The standard InChI is InChI=1S/C26H34ClF3N8.3ClH/c27-21-10-5-16(13-20(21)26(28,29)30)14-32-11-12-33-23-22-24(38(15-34-22)19-3-1-2-4-19)37-25(36-23)35-18-8-6-17(31)7-9-18;;;/h5,10,13,15,17-19,32H,1-4,6-9,11-12,14,31H2,(H2,33,35,36,37);3*1H. The fourth-order valence-electron chi connectivity index (χ4n) is 5.40. The van der Waals surface area contributed by atoms with Crippen molar-refractivity contribution in [1.29, 1.82) is 0 Å². The molecule has 0 radical (unpaired) electrons. The minimum atomic E-state index is -4.48. The SMILES string of the molecule is Cl.Cl.Cl.NC1CCC(Nc2nc(NCCNCc3ccc(Cl)c(C(F)(F)F)c3)c3ncn(C4CCCC4)c3n2)CC1. The first-order valence-electron chi connectivity index (χ1n) is 13.3. The molecule has 2 aliphatic carbocycles. The maximum atomic E-state index is 13.1. The summed E-state index contributed by atoms with van der Waals surface area (Å²) in [6.07, 6.45) is 5.96. The van der Waals surface area contributed by atoms with E-state index in [2.05, 4.69) is 25.5 Å². The molecule has 3 aromatic rings. The molecular formula is C26H37Cl4F3N8. The monoisotopic (exact) mass is 658 g/mol. The summed E-state index contributed by atoms with van der Waals surface area (Å²) in [5.74, 6) is 1.23. The Morgan fingerprint density at radius 2 is 1.68 bits per heavy atom. The van der Waals surface area contributed by atoms with E-state index in [1.807, 2.05) is 6.33 Å². The lowest BCUT2D eigenvalue weighted by Crippen LogP contribution is -2.33. The molecule has 0 saturated heterocycles. The second-order valence-corrected chi connectivity index (χ2v) is 10.7. The van der Waals surface area contributed by atoms with Crippen LogP contribution in [-0.4, -0.2) is 44.7 Å². The smallest absolute Gasteiger partial charge is 0.367 e. The maximum absolute atomic E-state index is 13.1. The van der Waals surface area contributed by atoms with Gasteiger partial charge in [0.25, 0.3) is 0 Å². The number of benzene rings is 1. The van der Waals surface area contributed by atoms with E-state index >= 15 is 0 Å². The molecule has 2 aromatic heterocycles. The van der Waals surface area contributed by atoms with E-state index < -0.39 is 11.7 Å². The van der Waals surface area contributed by atoms with Crippen LogP contribution in [0.5, 0.6) is 0 Å². The molecule has 0 spiro atoms. The first-order valence-corrected chi connectivity index (χ1v) is 13.7. The number of halogens is 7. The van der Waals surface area contributed by atoms with E-state index in [0.717, 1.165) is 55.8 Å². The molecule has 0 aliphatic heterocycles. The van der Waals surface area contributed by atoms with Gasteiger partial charge in [0.1, 0.15) is 0 Å². The normalized spacial score (nSPS) is 19.2. The van der Waals surface area contributed by atoms with Crippen LogP contribution in [0.25, 0.3) is 11.2 Å². The zero-order chi connectivity index (χ0) is 26.7. The number of rotatable bonds is 9. The van der Waals surface area contributed by atoms with E-state index in [-0.39, 0.29) is 60.9 Å². The van der Waals surface area contributed by atoms with Gasteiger partial charge >= 0.3 is 6.18 Å². The van der Waals surface area contributed by atoms with Crippen molar-refractivity contribution in [2.45, 2.75) is 82.2 Å². The Hall–Kier alpha value is -1.76. The molecule has 0 amide bonds. The van der Waals surface area contributed by atoms with Crippen molar-refractivity contribution >= 4 is 71.8 Å². The first-order chi connectivity index (χ1) is 18.3. The molecule has 1 aromatic carbocycles. The van der Waals surface area contributed by atoms with Crippen LogP contribution >= 0.6 is 48.8 Å². The summed E-state index contributed by atoms with van der Waals surface area (Å²) in [6.45, 7) is 1.32. The fourth-order valence-corrected chi connectivity index (χ4v) is 5.63. The van der Waals surface area contributed by atoms with Gasteiger partial charge in [0.05, 0.1) is 16.9 Å². The van der Waals surface area contributed by atoms with Crippen molar-refractivity contribution in [3.63, 3.8) is 0 Å². The second kappa shape index (κ2) is 15.6. The minimum Gasteiger partial charge on any atom is -0.367 e. The summed E-state index contributed by atoms with van der Waals surface area (Å²) >= 11 is 5.72. The third-order valence-corrected chi connectivity index (χ3v) is 7.83. The second-order valence-electron chi connectivity index (χ2n) is 10.3. The summed E-state index contributed by atoms with van der Waals surface area (Å²) in [4.78, 5) is 14.3. The molecule has 2 heterocycles. The van der Waals surface area contributed by atoms with Crippen LogP contribution in [0.1, 0.15) is 68.5 Å². The number of alkyl halides is 3. The molecule has 5 N–H and O–H groups in total. The molecule has 0 bridgehead atoms. The van der Waals surface area contributed by atoms with Crippen molar-refractivity contribution in [3.8, 4) is 0 Å². The van der Waals surface area contributed by atoms with Crippen molar-refractivity contribution in [2.24, 2.45) is 5.73 Å². The molecule has 0 atom stereocenters. The first kappa shape index (κ1) is 35.4. The average Bonchev–Trinajstić information content (AvgIpc) is 3.55. The number of nitrogens with zero attached hydrogens (tertiary/aromatic N) is 4. The quantitative estimate of drug-likeness (QED) is 0.188. The van der Waals surface area contributed by atoms with Gasteiger partial charge < -0.3 is 26.3 Å². The minimum absolute atomic E-state index is 0. The Morgan fingerprint density at radius 3 is 2.37 bits per heavy atom. The largest absolute Gasteiger partial charge is 0.417 e. The molecule has 41 heavy (non-hydrogen) atoms. The third kappa shape index (κ3) is 8.87. The van der Waals surface area contributed by atoms with E-state index in [1.165, 1.54) is 18.9 Å². The van der Waals surface area contributed by atoms with Gasteiger partial charge in [-0.15, -0.1) is 37.2 Å². The van der Waals surface area contributed by atoms with Gasteiger partial charge in [0, 0.05) is 37.8 Å². The Labute approximate surface area is 261 Å². The summed E-state index contributed by atoms with van der Waals surface area (Å²) in [5.41, 5.74) is 7.30. The van der Waals surface area contributed by atoms with Gasteiger partial charge in [-0.1, -0.05) is 30.5 Å². The van der Waals surface area contributed by atoms with Gasteiger partial charge in [-0.2, -0.15) is 23.1 Å². The number of hydrogen-bond acceptors (Lipinski definition) is 7. The molecule has 230 valence electrons. The summed E-state index contributed by atoms with van der Waals surface area (Å²) in [7, 11) is 0. The third-order valence-electron chi connectivity index (χ3n) is 7.50. The molecular weight excluding hydrogens is 623 g/mol. The van der Waals surface area contributed by atoms with Crippen molar-refractivity contribution < 1.29 is 13.2 Å². The number of hydrogen-bond donors (Lipinski definition) is 4. The Morgan fingerprint density at radius 1 is 0.976 bits per heavy atom. The molecule has 15 heteroatoms. The maximum Gasteiger partial charge on any atom is 0.417 e. The van der Waals surface area contributed by atoms with Crippen molar-refractivity contribution in [1.82, 2.24) is 24.8 Å². The highest BCUT2D eigenvalue weighted by atomic mass is 35.5. The van der Waals surface area contributed by atoms with Crippen molar-refractivity contribution in [3.05, 3.63) is 40.7 Å². The fraction of sp³-hybridized carbons (Fsp3) is 0.577. The number of nitrogens with one attached hydrogen (secondary N) is 3. The average molecular weight is 660 g/mol. The van der Waals surface area contributed by atoms with Gasteiger partial charge in [-0.05, 0) is 56.2 Å². The highest BCUT2D eigenvalue weighted by Crippen LogP contribution is 2.35. The van der Waals surface area contributed by atoms with Crippen LogP contribution in [0, 0.1) is 0 Å². The Balaban J connectivity index is 0.00000196. The van der Waals surface area contributed by atoms with E-state index in [0.29, 0.717) is 36.5 Å². The van der Waals surface area contributed by atoms with Crippen LogP contribution in [0.15, 0.2) is 24.5 Å². The van der Waals surface area contributed by atoms with E-state index in [9.17, 15) is 13.2 Å². The number of aromatic nitrogens is 4. The van der Waals surface area contributed by atoms with Crippen LogP contribution in [-0.2, 0) is 12.7 Å². The summed E-state index contributed by atoms with van der Waals surface area (Å²) in [5, 5.41) is 9.75. The molecule has 2 saturated carbocycles. The van der Waals surface area contributed by atoms with Gasteiger partial charge in [-0.25, -0.2) is 4.98 Å². The van der Waals surface area contributed by atoms with Crippen LogP contribution in [0.3, 0.4) is 0 Å². The number of nitrogens with two attached hydrogens (primary N) is 1. The zero-order valence-corrected chi connectivity index (χ0v) is 25.6. The Kier molecular flexibility index (Phi) is 13.5. The molecule has 2 fully saturated rings. The summed E-state index contributed by atoms with van der Waals surface area (Å²) in [6, 6.07) is 4.90. The number of anilines is 2. The van der Waals surface area contributed by atoms with Gasteiger partial charge in [0.15, 0.2) is 17.0 Å². The molecule has 2 aliphatic rings. The molecule has 0 unspecified atom stereocenters. The lowest BCUT2D eigenvalue weighted by Gasteiger charge is -2.27. The lowest BCUT2D eigenvalue weighted by atomic mass is 9.92. The molecule has 8 nitrogen and oxygen atoms in total. The highest BCUT2D eigenvalue weighted by Gasteiger charge is 2.33. The lowest BCUT2D eigenvalue weighted by molar-refractivity contribution is -0.137. The van der Waals surface area contributed by atoms with E-state index in [1.54, 1.807) is 6.07 Å². The topological polar surface area (TPSA) is 106 Å². The predicted octanol–water partition coefficient (Wildman–Crippen LogP) is 6.76.